The van der Waals surface area contributed by atoms with Crippen molar-refractivity contribution in [3.05, 3.63) is 65.2 Å². The van der Waals surface area contributed by atoms with Gasteiger partial charge in [0, 0.05) is 33.3 Å². The van der Waals surface area contributed by atoms with E-state index in [1.807, 2.05) is 6.92 Å². The van der Waals surface area contributed by atoms with Crippen molar-refractivity contribution in [1.29, 1.82) is 0 Å². The molecule has 2 aromatic carbocycles. The Hall–Kier alpha value is -2.71. The highest BCUT2D eigenvalue weighted by atomic mass is 32.2. The van der Waals surface area contributed by atoms with E-state index >= 15 is 0 Å². The standard InChI is InChI=1S/C20H25N3O4S/c1-15-8-10-18(11-9-15)28(26,27)23(4)14-19(24)21-13-16-6-5-7-17(12-16)20(25)22(2)3/h5-12H,13-14H2,1-4H3,(H,21,24). The van der Waals surface area contributed by atoms with Crippen LogP contribution in [0.1, 0.15) is 21.5 Å². The third-order valence-electron chi connectivity index (χ3n) is 4.17. The summed E-state index contributed by atoms with van der Waals surface area (Å²) >= 11 is 0. The lowest BCUT2D eigenvalue weighted by atomic mass is 10.1. The highest BCUT2D eigenvalue weighted by molar-refractivity contribution is 7.89. The van der Waals surface area contributed by atoms with Crippen LogP contribution in [-0.2, 0) is 21.4 Å². The maximum absolute atomic E-state index is 12.5. The summed E-state index contributed by atoms with van der Waals surface area (Å²) in [4.78, 5) is 25.8. The minimum atomic E-state index is -3.74. The van der Waals surface area contributed by atoms with E-state index < -0.39 is 15.9 Å². The van der Waals surface area contributed by atoms with Crippen molar-refractivity contribution in [2.24, 2.45) is 0 Å². The predicted octanol–water partition coefficient (Wildman–Crippen LogP) is 1.63. The van der Waals surface area contributed by atoms with Crippen LogP contribution in [0.2, 0.25) is 0 Å². The van der Waals surface area contributed by atoms with E-state index in [0.29, 0.717) is 5.56 Å². The lowest BCUT2D eigenvalue weighted by molar-refractivity contribution is -0.121. The maximum Gasteiger partial charge on any atom is 0.253 e. The molecular weight excluding hydrogens is 378 g/mol. The van der Waals surface area contributed by atoms with E-state index in [2.05, 4.69) is 5.32 Å². The Labute approximate surface area is 166 Å². The van der Waals surface area contributed by atoms with Crippen LogP contribution >= 0.6 is 0 Å². The van der Waals surface area contributed by atoms with Gasteiger partial charge in [0.05, 0.1) is 11.4 Å². The lowest BCUT2D eigenvalue weighted by Crippen LogP contribution is -2.38. The zero-order valence-electron chi connectivity index (χ0n) is 16.5. The molecule has 28 heavy (non-hydrogen) atoms. The molecule has 0 aliphatic heterocycles. The van der Waals surface area contributed by atoms with Crippen LogP contribution in [0.5, 0.6) is 0 Å². The highest BCUT2D eigenvalue weighted by Crippen LogP contribution is 2.14. The van der Waals surface area contributed by atoms with Gasteiger partial charge in [-0.25, -0.2) is 8.42 Å². The second-order valence-corrected chi connectivity index (χ2v) is 8.80. The van der Waals surface area contributed by atoms with Crippen molar-refractivity contribution in [2.75, 3.05) is 27.7 Å². The van der Waals surface area contributed by atoms with Crippen molar-refractivity contribution in [1.82, 2.24) is 14.5 Å². The Morgan fingerprint density at radius 1 is 1.00 bits per heavy atom. The molecule has 2 amide bonds. The minimum absolute atomic E-state index is 0.128. The Morgan fingerprint density at radius 2 is 1.64 bits per heavy atom. The summed E-state index contributed by atoms with van der Waals surface area (Å²) in [7, 11) is 0.963. The van der Waals surface area contributed by atoms with Crippen molar-refractivity contribution >= 4 is 21.8 Å². The molecule has 0 saturated carbocycles. The quantitative estimate of drug-likeness (QED) is 0.761. The maximum atomic E-state index is 12.5. The van der Waals surface area contributed by atoms with E-state index in [9.17, 15) is 18.0 Å². The van der Waals surface area contributed by atoms with E-state index in [-0.39, 0.29) is 23.9 Å². The first kappa shape index (κ1) is 21.6. The predicted molar refractivity (Wildman–Crippen MR) is 107 cm³/mol. The average Bonchev–Trinajstić information content (AvgIpc) is 2.66. The minimum Gasteiger partial charge on any atom is -0.351 e. The Kier molecular flexibility index (Phi) is 6.93. The normalized spacial score (nSPS) is 11.3. The van der Waals surface area contributed by atoms with Gasteiger partial charge < -0.3 is 10.2 Å². The molecule has 0 aliphatic carbocycles. The zero-order chi connectivity index (χ0) is 20.9. The number of benzene rings is 2. The number of hydrogen-bond acceptors (Lipinski definition) is 4. The molecule has 7 nitrogen and oxygen atoms in total. The van der Waals surface area contributed by atoms with Crippen LogP contribution in [-0.4, -0.2) is 57.1 Å². The third-order valence-corrected chi connectivity index (χ3v) is 5.98. The van der Waals surface area contributed by atoms with Gasteiger partial charge in [0.2, 0.25) is 15.9 Å². The van der Waals surface area contributed by atoms with Gasteiger partial charge in [-0.2, -0.15) is 4.31 Å². The van der Waals surface area contributed by atoms with E-state index in [1.165, 1.54) is 24.1 Å². The van der Waals surface area contributed by atoms with Crippen LogP contribution < -0.4 is 5.32 Å². The summed E-state index contributed by atoms with van der Waals surface area (Å²) in [5, 5.41) is 2.69. The second-order valence-electron chi connectivity index (χ2n) is 6.75. The van der Waals surface area contributed by atoms with Gasteiger partial charge in [0.15, 0.2) is 0 Å². The molecule has 0 spiro atoms. The Balaban J connectivity index is 1.98. The van der Waals surface area contributed by atoms with Gasteiger partial charge in [-0.05, 0) is 36.8 Å². The molecule has 0 aliphatic rings. The van der Waals surface area contributed by atoms with Crippen LogP contribution in [0, 0.1) is 6.92 Å². The lowest BCUT2D eigenvalue weighted by Gasteiger charge is -2.17. The largest absolute Gasteiger partial charge is 0.351 e. The number of carbonyl (C=O) groups is 2. The molecular formula is C20H25N3O4S. The summed E-state index contributed by atoms with van der Waals surface area (Å²) in [5.74, 6) is -0.556. The van der Waals surface area contributed by atoms with Crippen LogP contribution in [0.4, 0.5) is 0 Å². The molecule has 0 aromatic heterocycles. The van der Waals surface area contributed by atoms with Gasteiger partial charge >= 0.3 is 0 Å². The van der Waals surface area contributed by atoms with Gasteiger partial charge in [-0.1, -0.05) is 29.8 Å². The van der Waals surface area contributed by atoms with Gasteiger partial charge in [0.1, 0.15) is 0 Å². The molecule has 2 rings (SSSR count). The number of aryl methyl sites for hydroxylation is 1. The summed E-state index contributed by atoms with van der Waals surface area (Å²) in [6.45, 7) is 1.77. The molecule has 0 saturated heterocycles. The van der Waals surface area contributed by atoms with Gasteiger partial charge in [0.25, 0.3) is 5.91 Å². The first-order valence-electron chi connectivity index (χ1n) is 8.71. The van der Waals surface area contributed by atoms with Crippen molar-refractivity contribution in [3.8, 4) is 0 Å². The molecule has 0 bridgehead atoms. The van der Waals surface area contributed by atoms with E-state index in [1.54, 1.807) is 50.5 Å². The topological polar surface area (TPSA) is 86.8 Å². The smallest absolute Gasteiger partial charge is 0.253 e. The fourth-order valence-electron chi connectivity index (χ4n) is 2.51. The molecule has 0 heterocycles. The fourth-order valence-corrected chi connectivity index (χ4v) is 3.63. The van der Waals surface area contributed by atoms with E-state index in [4.69, 9.17) is 0 Å². The summed E-state index contributed by atoms with van der Waals surface area (Å²) in [6.07, 6.45) is 0. The Morgan fingerprint density at radius 3 is 2.25 bits per heavy atom. The number of likely N-dealkylation sites (N-methyl/N-ethyl adjacent to an activating group) is 1. The second kappa shape index (κ2) is 8.99. The van der Waals surface area contributed by atoms with Crippen molar-refractivity contribution in [3.63, 3.8) is 0 Å². The molecule has 150 valence electrons. The van der Waals surface area contributed by atoms with Crippen LogP contribution in [0.3, 0.4) is 0 Å². The van der Waals surface area contributed by atoms with Crippen LogP contribution in [0.15, 0.2) is 53.4 Å². The molecule has 0 radical (unpaired) electrons. The number of hydrogen-bond donors (Lipinski definition) is 1. The summed E-state index contributed by atoms with van der Waals surface area (Å²) in [6, 6.07) is 13.4. The summed E-state index contributed by atoms with van der Waals surface area (Å²) in [5.41, 5.74) is 2.23. The number of nitrogens with zero attached hydrogens (tertiary/aromatic N) is 2. The Bertz CT molecular complexity index is 954. The first-order valence-corrected chi connectivity index (χ1v) is 10.2. The van der Waals surface area contributed by atoms with Crippen molar-refractivity contribution in [2.45, 2.75) is 18.4 Å². The molecule has 1 N–H and O–H groups in total. The molecule has 0 atom stereocenters. The monoisotopic (exact) mass is 403 g/mol. The number of amides is 2. The SMILES string of the molecule is Cc1ccc(S(=O)(=O)N(C)CC(=O)NCc2cccc(C(=O)N(C)C)c2)cc1. The number of carbonyl (C=O) groups excluding carboxylic acids is 2. The molecule has 0 fully saturated rings. The highest BCUT2D eigenvalue weighted by Gasteiger charge is 2.22. The van der Waals surface area contributed by atoms with E-state index in [0.717, 1.165) is 15.4 Å². The summed E-state index contributed by atoms with van der Waals surface area (Å²) < 4.78 is 26.1. The first-order chi connectivity index (χ1) is 13.1. The molecule has 0 unspecified atom stereocenters. The third kappa shape index (κ3) is 5.40. The fraction of sp³-hybridized carbons (Fsp3) is 0.300. The average molecular weight is 404 g/mol. The number of sulfonamides is 1. The van der Waals surface area contributed by atoms with Crippen molar-refractivity contribution < 1.29 is 18.0 Å². The zero-order valence-corrected chi connectivity index (χ0v) is 17.3. The molecule has 8 heteroatoms. The molecule has 2 aromatic rings. The number of rotatable bonds is 7. The number of nitrogens with one attached hydrogen (secondary N) is 1. The van der Waals surface area contributed by atoms with Crippen LogP contribution in [0.25, 0.3) is 0 Å². The van der Waals surface area contributed by atoms with Gasteiger partial charge in [-0.3, -0.25) is 9.59 Å². The van der Waals surface area contributed by atoms with Gasteiger partial charge in [-0.15, -0.1) is 0 Å².